The van der Waals surface area contributed by atoms with Gasteiger partial charge in [-0.05, 0) is 59.1 Å². The van der Waals surface area contributed by atoms with Gasteiger partial charge in [-0.3, -0.25) is 9.59 Å². The van der Waals surface area contributed by atoms with Gasteiger partial charge in [-0.2, -0.15) is 0 Å². The van der Waals surface area contributed by atoms with Gasteiger partial charge in [-0.15, -0.1) is 0 Å². The molecule has 0 aliphatic carbocycles. The second kappa shape index (κ2) is 8.48. The van der Waals surface area contributed by atoms with Crippen LogP contribution < -0.4 is 10.2 Å². The number of amides is 2. The van der Waals surface area contributed by atoms with E-state index < -0.39 is 0 Å². The van der Waals surface area contributed by atoms with Crippen molar-refractivity contribution in [1.29, 1.82) is 0 Å². The van der Waals surface area contributed by atoms with Crippen LogP contribution in [-0.4, -0.2) is 48.4 Å². The lowest BCUT2D eigenvalue weighted by molar-refractivity contribution is -0.886. The molecule has 1 saturated heterocycles. The van der Waals surface area contributed by atoms with Gasteiger partial charge in [-0.1, -0.05) is 17.7 Å². The minimum absolute atomic E-state index is 0.0688. The number of anilines is 1. The number of carbonyl (C=O) groups is 2. The number of benzene rings is 1. The number of aryl methyl sites for hydroxylation is 1. The molecular formula is C20H32N3O2+. The van der Waals surface area contributed by atoms with E-state index in [-0.39, 0.29) is 36.5 Å². The second-order valence-electron chi connectivity index (χ2n) is 7.53. The fourth-order valence-electron chi connectivity index (χ4n) is 3.54. The Kier molecular flexibility index (Phi) is 6.59. The quantitative estimate of drug-likeness (QED) is 0.851. The average molecular weight is 346 g/mol. The normalized spacial score (nSPS) is 23.0. The maximum Gasteiger partial charge on any atom is 0.281 e. The molecule has 5 nitrogen and oxygen atoms in total. The molecule has 1 unspecified atom stereocenters. The van der Waals surface area contributed by atoms with Crippen LogP contribution in [0.2, 0.25) is 0 Å². The van der Waals surface area contributed by atoms with Crippen molar-refractivity contribution < 1.29 is 14.5 Å². The van der Waals surface area contributed by atoms with E-state index in [1.54, 1.807) is 0 Å². The van der Waals surface area contributed by atoms with Gasteiger partial charge in [0.2, 0.25) is 0 Å². The number of carbonyl (C=O) groups excluding carboxylic acids is 2. The van der Waals surface area contributed by atoms with Gasteiger partial charge < -0.3 is 15.1 Å². The van der Waals surface area contributed by atoms with Crippen molar-refractivity contribution in [3.8, 4) is 0 Å². The molecule has 1 fully saturated rings. The van der Waals surface area contributed by atoms with Crippen molar-refractivity contribution in [3.63, 3.8) is 0 Å². The summed E-state index contributed by atoms with van der Waals surface area (Å²) in [5.41, 5.74) is 1.95. The Morgan fingerprint density at radius 3 is 2.32 bits per heavy atom. The minimum atomic E-state index is -0.230. The maximum absolute atomic E-state index is 12.9. The van der Waals surface area contributed by atoms with Crippen LogP contribution in [0.15, 0.2) is 24.3 Å². The predicted molar refractivity (Wildman–Crippen MR) is 101 cm³/mol. The number of nitrogens with one attached hydrogen (secondary N) is 2. The van der Waals surface area contributed by atoms with Crippen molar-refractivity contribution in [2.75, 3.05) is 18.9 Å². The van der Waals surface area contributed by atoms with Gasteiger partial charge in [-0.25, -0.2) is 0 Å². The standard InChI is InChI=1S/C20H31N3O2/c1-14-9-11-18(12-10-14)21-19(24)13-22(5)17(4)20(25)23-15(2)7-6-8-16(23)3/h9-12,15-17H,6-8,13H2,1-5H3,(H,21,24)/p+1/t15-,16+,17-/m1/s1. The summed E-state index contributed by atoms with van der Waals surface area (Å²) in [7, 11) is 1.91. The fraction of sp³-hybridized carbons (Fsp3) is 0.600. The first kappa shape index (κ1) is 19.4. The monoisotopic (exact) mass is 346 g/mol. The third-order valence-electron chi connectivity index (χ3n) is 5.33. The zero-order valence-corrected chi connectivity index (χ0v) is 16.1. The van der Waals surface area contributed by atoms with Gasteiger partial charge in [0.05, 0.1) is 7.05 Å². The predicted octanol–water partition coefficient (Wildman–Crippen LogP) is 1.63. The van der Waals surface area contributed by atoms with Crippen molar-refractivity contribution in [1.82, 2.24) is 4.90 Å². The molecule has 1 aliphatic rings. The third kappa shape index (κ3) is 5.05. The van der Waals surface area contributed by atoms with Crippen LogP contribution in [0.25, 0.3) is 0 Å². The topological polar surface area (TPSA) is 53.9 Å². The van der Waals surface area contributed by atoms with Gasteiger partial charge in [0, 0.05) is 17.8 Å². The van der Waals surface area contributed by atoms with Gasteiger partial charge in [0.1, 0.15) is 0 Å². The molecule has 1 aromatic carbocycles. The van der Waals surface area contributed by atoms with Gasteiger partial charge in [0.15, 0.2) is 12.6 Å². The van der Waals surface area contributed by atoms with E-state index in [1.165, 1.54) is 6.42 Å². The second-order valence-corrected chi connectivity index (χ2v) is 7.53. The Bertz CT molecular complexity index is 589. The van der Waals surface area contributed by atoms with Gasteiger partial charge in [0.25, 0.3) is 11.8 Å². The van der Waals surface area contributed by atoms with Crippen LogP contribution in [0.3, 0.4) is 0 Å². The molecule has 0 saturated carbocycles. The summed E-state index contributed by atoms with van der Waals surface area (Å²) >= 11 is 0. The number of rotatable bonds is 5. The molecule has 0 bridgehead atoms. The molecule has 1 aromatic rings. The Balaban J connectivity index is 1.92. The van der Waals surface area contributed by atoms with Crippen molar-refractivity contribution in [2.24, 2.45) is 0 Å². The number of nitrogens with zero attached hydrogens (tertiary/aromatic N) is 1. The van der Waals surface area contributed by atoms with Crippen LogP contribution in [0.4, 0.5) is 5.69 Å². The molecule has 2 amide bonds. The number of hydrogen-bond acceptors (Lipinski definition) is 2. The SMILES string of the molecule is Cc1ccc(NC(=O)C[NH+](C)[C@H](C)C(=O)N2[C@H](C)CCC[C@@H]2C)cc1. The summed E-state index contributed by atoms with van der Waals surface area (Å²) in [5.74, 6) is 0.0843. The van der Waals surface area contributed by atoms with Gasteiger partial charge >= 0.3 is 0 Å². The fourth-order valence-corrected chi connectivity index (χ4v) is 3.54. The highest BCUT2D eigenvalue weighted by Crippen LogP contribution is 2.22. The van der Waals surface area contributed by atoms with Crippen LogP contribution in [0.5, 0.6) is 0 Å². The zero-order valence-electron chi connectivity index (χ0n) is 16.1. The average Bonchev–Trinajstić information content (AvgIpc) is 2.55. The van der Waals surface area contributed by atoms with Crippen molar-refractivity contribution in [2.45, 2.75) is 65.1 Å². The molecule has 5 heteroatoms. The van der Waals surface area contributed by atoms with E-state index in [2.05, 4.69) is 19.2 Å². The molecular weight excluding hydrogens is 314 g/mol. The number of likely N-dealkylation sites (tertiary alicyclic amines) is 1. The molecule has 4 atom stereocenters. The first-order valence-corrected chi connectivity index (χ1v) is 9.30. The van der Waals surface area contributed by atoms with Crippen LogP contribution >= 0.6 is 0 Å². The Labute approximate surface area is 151 Å². The summed E-state index contributed by atoms with van der Waals surface area (Å²) < 4.78 is 0. The number of quaternary nitrogens is 1. The van der Waals surface area contributed by atoms with E-state index in [0.29, 0.717) is 0 Å². The Hall–Kier alpha value is -1.88. The molecule has 1 aliphatic heterocycles. The van der Waals surface area contributed by atoms with E-state index in [0.717, 1.165) is 29.0 Å². The first-order chi connectivity index (χ1) is 11.8. The highest BCUT2D eigenvalue weighted by atomic mass is 16.2. The van der Waals surface area contributed by atoms with E-state index in [9.17, 15) is 9.59 Å². The zero-order chi connectivity index (χ0) is 18.6. The van der Waals surface area contributed by atoms with Crippen molar-refractivity contribution >= 4 is 17.5 Å². The molecule has 2 rings (SSSR count). The smallest absolute Gasteiger partial charge is 0.281 e. The first-order valence-electron chi connectivity index (χ1n) is 9.30. The number of piperidine rings is 1. The third-order valence-corrected chi connectivity index (χ3v) is 5.33. The number of hydrogen-bond donors (Lipinski definition) is 2. The highest BCUT2D eigenvalue weighted by molar-refractivity contribution is 5.91. The lowest BCUT2D eigenvalue weighted by atomic mass is 9.96. The molecule has 0 spiro atoms. The summed E-state index contributed by atoms with van der Waals surface area (Å²) in [6, 6.07) is 8.07. The highest BCUT2D eigenvalue weighted by Gasteiger charge is 2.35. The van der Waals surface area contributed by atoms with Crippen LogP contribution in [0.1, 0.15) is 45.6 Å². The van der Waals surface area contributed by atoms with E-state index >= 15 is 0 Å². The molecule has 0 radical (unpaired) electrons. The lowest BCUT2D eigenvalue weighted by Crippen LogP contribution is -3.15. The molecule has 138 valence electrons. The molecule has 0 aromatic heterocycles. The van der Waals surface area contributed by atoms with E-state index in [4.69, 9.17) is 0 Å². The summed E-state index contributed by atoms with van der Waals surface area (Å²) in [6.45, 7) is 8.46. The lowest BCUT2D eigenvalue weighted by Gasteiger charge is -2.40. The molecule has 1 heterocycles. The molecule has 25 heavy (non-hydrogen) atoms. The maximum atomic E-state index is 12.9. The van der Waals surface area contributed by atoms with Crippen LogP contribution in [0, 0.1) is 6.92 Å². The minimum Gasteiger partial charge on any atom is -0.332 e. The summed E-state index contributed by atoms with van der Waals surface area (Å²) in [4.78, 5) is 28.1. The van der Waals surface area contributed by atoms with Crippen molar-refractivity contribution in [3.05, 3.63) is 29.8 Å². The Morgan fingerprint density at radius 2 is 1.76 bits per heavy atom. The Morgan fingerprint density at radius 1 is 1.20 bits per heavy atom. The summed E-state index contributed by atoms with van der Waals surface area (Å²) in [6.07, 6.45) is 3.31. The van der Waals surface area contributed by atoms with E-state index in [1.807, 2.05) is 50.1 Å². The summed E-state index contributed by atoms with van der Waals surface area (Å²) in [5, 5.41) is 2.91. The van der Waals surface area contributed by atoms with Crippen LogP contribution in [-0.2, 0) is 9.59 Å². The molecule has 2 N–H and O–H groups in total. The number of likely N-dealkylation sites (N-methyl/N-ethyl adjacent to an activating group) is 1. The largest absolute Gasteiger partial charge is 0.332 e.